The van der Waals surface area contributed by atoms with Crippen molar-refractivity contribution in [3.63, 3.8) is 0 Å². The van der Waals surface area contributed by atoms with Crippen LogP contribution >= 0.6 is 15.9 Å². The molecule has 21 heavy (non-hydrogen) atoms. The zero-order valence-corrected chi connectivity index (χ0v) is 15.0. The quantitative estimate of drug-likeness (QED) is 0.814. The van der Waals surface area contributed by atoms with E-state index in [4.69, 9.17) is 4.74 Å². The molecule has 0 aliphatic heterocycles. The van der Waals surface area contributed by atoms with E-state index in [1.54, 1.807) is 7.11 Å². The fourth-order valence-corrected chi connectivity index (χ4v) is 2.86. The summed E-state index contributed by atoms with van der Waals surface area (Å²) in [7, 11) is 1.65. The number of hydrogen-bond acceptors (Lipinski definition) is 3. The van der Waals surface area contributed by atoms with Crippen LogP contribution in [0.15, 0.2) is 22.7 Å². The maximum Gasteiger partial charge on any atom is 0.239 e. The Kier molecular flexibility index (Phi) is 7.18. The number of amides is 1. The number of carbonyl (C=O) groups is 1. The van der Waals surface area contributed by atoms with Crippen molar-refractivity contribution in [3.8, 4) is 5.75 Å². The topological polar surface area (TPSA) is 41.6 Å². The van der Waals surface area contributed by atoms with Gasteiger partial charge in [0.15, 0.2) is 0 Å². The third-order valence-electron chi connectivity index (χ3n) is 3.62. The van der Waals surface area contributed by atoms with Gasteiger partial charge in [0.2, 0.25) is 5.91 Å². The molecule has 1 aromatic carbocycles. The molecule has 0 aliphatic rings. The lowest BCUT2D eigenvalue weighted by Gasteiger charge is -2.26. The van der Waals surface area contributed by atoms with Crippen LogP contribution < -0.4 is 10.1 Å². The van der Waals surface area contributed by atoms with Gasteiger partial charge in [-0.3, -0.25) is 10.1 Å². The molecule has 0 spiro atoms. The van der Waals surface area contributed by atoms with Crippen LogP contribution in [0.4, 0.5) is 0 Å². The molecule has 0 bridgehead atoms. The number of rotatable bonds is 7. The molecule has 5 heteroatoms. The van der Waals surface area contributed by atoms with Crippen molar-refractivity contribution in [1.82, 2.24) is 10.2 Å². The molecule has 0 saturated carbocycles. The summed E-state index contributed by atoms with van der Waals surface area (Å²) in [5.74, 6) is 0.942. The van der Waals surface area contributed by atoms with Crippen molar-refractivity contribution < 1.29 is 9.53 Å². The summed E-state index contributed by atoms with van der Waals surface area (Å²) < 4.78 is 6.15. The molecule has 0 heterocycles. The number of ether oxygens (including phenoxy) is 1. The average molecular weight is 357 g/mol. The smallest absolute Gasteiger partial charge is 0.239 e. The second kappa shape index (κ2) is 8.39. The predicted molar refractivity (Wildman–Crippen MR) is 89.6 cm³/mol. The van der Waals surface area contributed by atoms with Crippen LogP contribution in [-0.2, 0) is 4.79 Å². The molecule has 0 aromatic heterocycles. The lowest BCUT2D eigenvalue weighted by Crippen LogP contribution is -2.45. The van der Waals surface area contributed by atoms with Gasteiger partial charge in [-0.25, -0.2) is 0 Å². The molecule has 0 fully saturated rings. The van der Waals surface area contributed by atoms with E-state index in [1.165, 1.54) is 0 Å². The van der Waals surface area contributed by atoms with Crippen LogP contribution in [0.2, 0.25) is 0 Å². The summed E-state index contributed by atoms with van der Waals surface area (Å²) in [6, 6.07) is 5.83. The Morgan fingerprint density at radius 2 is 1.95 bits per heavy atom. The van der Waals surface area contributed by atoms with Gasteiger partial charge in [0, 0.05) is 19.1 Å². The molecular weight excluding hydrogens is 332 g/mol. The first-order valence-corrected chi connectivity index (χ1v) is 8.12. The summed E-state index contributed by atoms with van der Waals surface area (Å²) >= 11 is 3.49. The van der Waals surface area contributed by atoms with Gasteiger partial charge in [0.1, 0.15) is 5.75 Å². The van der Waals surface area contributed by atoms with Crippen LogP contribution in [0.1, 0.15) is 39.3 Å². The van der Waals surface area contributed by atoms with Crippen molar-refractivity contribution in [2.45, 2.75) is 39.8 Å². The van der Waals surface area contributed by atoms with E-state index < -0.39 is 0 Å². The summed E-state index contributed by atoms with van der Waals surface area (Å²) in [5, 5.41) is 3.36. The third kappa shape index (κ3) is 4.71. The van der Waals surface area contributed by atoms with Crippen molar-refractivity contribution >= 4 is 21.8 Å². The number of benzene rings is 1. The molecule has 1 aromatic rings. The van der Waals surface area contributed by atoms with Crippen LogP contribution in [-0.4, -0.2) is 37.0 Å². The summed E-state index contributed by atoms with van der Waals surface area (Å²) in [6.45, 7) is 9.44. The highest BCUT2D eigenvalue weighted by atomic mass is 79.9. The average Bonchev–Trinajstić information content (AvgIpc) is 2.48. The lowest BCUT2D eigenvalue weighted by molar-refractivity contribution is -0.132. The van der Waals surface area contributed by atoms with E-state index in [0.29, 0.717) is 0 Å². The van der Waals surface area contributed by atoms with E-state index in [-0.39, 0.29) is 18.0 Å². The van der Waals surface area contributed by atoms with E-state index in [0.717, 1.165) is 28.9 Å². The largest absolute Gasteiger partial charge is 0.496 e. The highest BCUT2D eigenvalue weighted by molar-refractivity contribution is 9.10. The summed E-state index contributed by atoms with van der Waals surface area (Å²) in [5.41, 5.74) is 1.11. The minimum atomic E-state index is -0.208. The Morgan fingerprint density at radius 3 is 2.43 bits per heavy atom. The second-order valence-corrected chi connectivity index (χ2v) is 5.87. The predicted octanol–water partition coefficient (Wildman–Crippen LogP) is 3.37. The van der Waals surface area contributed by atoms with Gasteiger partial charge in [0.05, 0.1) is 17.6 Å². The Morgan fingerprint density at radius 1 is 1.33 bits per heavy atom. The van der Waals surface area contributed by atoms with Crippen molar-refractivity contribution in [2.75, 3.05) is 20.2 Å². The molecular formula is C16H25BrN2O2. The number of halogens is 1. The Balaban J connectivity index is 2.74. The van der Waals surface area contributed by atoms with Gasteiger partial charge in [-0.2, -0.15) is 0 Å². The van der Waals surface area contributed by atoms with Gasteiger partial charge in [-0.05, 0) is 61.3 Å². The number of hydrogen-bond donors (Lipinski definition) is 1. The van der Waals surface area contributed by atoms with Gasteiger partial charge in [0.25, 0.3) is 0 Å². The minimum Gasteiger partial charge on any atom is -0.496 e. The molecule has 1 N–H and O–H groups in total. The van der Waals surface area contributed by atoms with Gasteiger partial charge < -0.3 is 9.64 Å². The van der Waals surface area contributed by atoms with Crippen molar-refractivity contribution in [2.24, 2.45) is 0 Å². The monoisotopic (exact) mass is 356 g/mol. The molecule has 0 saturated heterocycles. The van der Waals surface area contributed by atoms with Gasteiger partial charge >= 0.3 is 0 Å². The molecule has 0 aliphatic carbocycles. The van der Waals surface area contributed by atoms with Gasteiger partial charge in [-0.1, -0.05) is 6.07 Å². The maximum atomic E-state index is 12.3. The molecule has 0 radical (unpaired) electrons. The minimum absolute atomic E-state index is 0.0849. The first kappa shape index (κ1) is 18.0. The van der Waals surface area contributed by atoms with Crippen molar-refractivity contribution in [1.29, 1.82) is 0 Å². The van der Waals surface area contributed by atoms with E-state index in [2.05, 4.69) is 28.2 Å². The highest BCUT2D eigenvalue weighted by Crippen LogP contribution is 2.28. The zero-order chi connectivity index (χ0) is 16.0. The fraction of sp³-hybridized carbons (Fsp3) is 0.562. The molecule has 118 valence electrons. The summed E-state index contributed by atoms with van der Waals surface area (Å²) in [6.07, 6.45) is 0. The Bertz CT molecular complexity index is 475. The number of carbonyl (C=O) groups excluding carboxylic acids is 1. The first-order chi connectivity index (χ1) is 9.94. The number of nitrogens with zero attached hydrogens (tertiary/aromatic N) is 1. The van der Waals surface area contributed by atoms with Crippen LogP contribution in [0.25, 0.3) is 0 Å². The molecule has 2 unspecified atom stereocenters. The maximum absolute atomic E-state index is 12.3. The van der Waals surface area contributed by atoms with Gasteiger partial charge in [-0.15, -0.1) is 0 Å². The first-order valence-electron chi connectivity index (χ1n) is 7.32. The normalized spacial score (nSPS) is 13.6. The lowest BCUT2D eigenvalue weighted by atomic mass is 10.1. The highest BCUT2D eigenvalue weighted by Gasteiger charge is 2.20. The third-order valence-corrected chi connectivity index (χ3v) is 4.24. The standard InChI is InChI=1S/C16H25BrN2O2/c1-6-19(7-2)16(20)12(4)18-11(3)13-8-9-15(21-5)14(17)10-13/h8-12,18H,6-7H2,1-5H3. The van der Waals surface area contributed by atoms with E-state index in [1.807, 2.05) is 43.9 Å². The van der Waals surface area contributed by atoms with Crippen molar-refractivity contribution in [3.05, 3.63) is 28.2 Å². The Labute approximate surface area is 136 Å². The molecule has 1 amide bonds. The summed E-state index contributed by atoms with van der Waals surface area (Å²) in [4.78, 5) is 14.1. The van der Waals surface area contributed by atoms with Crippen LogP contribution in [0.3, 0.4) is 0 Å². The second-order valence-electron chi connectivity index (χ2n) is 5.01. The molecule has 2 atom stereocenters. The number of nitrogens with one attached hydrogen (secondary N) is 1. The Hall–Kier alpha value is -1.07. The zero-order valence-electron chi connectivity index (χ0n) is 13.4. The molecule has 4 nitrogen and oxygen atoms in total. The molecule has 1 rings (SSSR count). The van der Waals surface area contributed by atoms with E-state index in [9.17, 15) is 4.79 Å². The number of methoxy groups -OCH3 is 1. The fourth-order valence-electron chi connectivity index (χ4n) is 2.30. The van der Waals surface area contributed by atoms with Crippen LogP contribution in [0, 0.1) is 0 Å². The number of likely N-dealkylation sites (N-methyl/N-ethyl adjacent to an activating group) is 1. The van der Waals surface area contributed by atoms with Crippen LogP contribution in [0.5, 0.6) is 5.75 Å². The van der Waals surface area contributed by atoms with E-state index >= 15 is 0 Å². The SMILES string of the molecule is CCN(CC)C(=O)C(C)NC(C)c1ccc(OC)c(Br)c1.